The largest absolute Gasteiger partial charge is 0.481 e. The number of amides is 1. The molecule has 0 saturated carbocycles. The van der Waals surface area contributed by atoms with Gasteiger partial charge in [0.1, 0.15) is 0 Å². The lowest BCUT2D eigenvalue weighted by molar-refractivity contribution is -0.137. The number of unbranched alkanes of at least 4 members (excludes halogenated alkanes) is 1. The molecule has 2 N–H and O–H groups in total. The molecule has 1 rings (SSSR count). The van der Waals surface area contributed by atoms with Crippen molar-refractivity contribution in [1.82, 2.24) is 5.32 Å². The summed E-state index contributed by atoms with van der Waals surface area (Å²) in [7, 11) is 0. The van der Waals surface area contributed by atoms with Crippen LogP contribution in [-0.4, -0.2) is 23.5 Å². The molecule has 0 radical (unpaired) electrons. The van der Waals surface area contributed by atoms with E-state index in [1.165, 1.54) is 0 Å². The van der Waals surface area contributed by atoms with Crippen LogP contribution in [-0.2, 0) is 9.59 Å². The smallest absolute Gasteiger partial charge is 0.303 e. The Morgan fingerprint density at radius 3 is 2.55 bits per heavy atom. The summed E-state index contributed by atoms with van der Waals surface area (Å²) in [5.41, 5.74) is 1.07. The van der Waals surface area contributed by atoms with E-state index >= 15 is 0 Å². The average Bonchev–Trinajstić information content (AvgIpc) is 2.45. The molecule has 0 saturated heterocycles. The molecule has 0 bridgehead atoms. The number of carbonyl (C=O) groups is 2. The van der Waals surface area contributed by atoms with Gasteiger partial charge < -0.3 is 10.4 Å². The van der Waals surface area contributed by atoms with Gasteiger partial charge >= 0.3 is 5.97 Å². The molecule has 0 aliphatic rings. The maximum absolute atomic E-state index is 11.8. The number of carboxylic acids is 1. The molecule has 0 aromatic heterocycles. The van der Waals surface area contributed by atoms with E-state index in [2.05, 4.69) is 11.9 Å². The van der Waals surface area contributed by atoms with Crippen LogP contribution in [0.5, 0.6) is 0 Å². The van der Waals surface area contributed by atoms with Crippen molar-refractivity contribution in [3.05, 3.63) is 48.6 Å². The van der Waals surface area contributed by atoms with Crippen LogP contribution in [0.2, 0.25) is 0 Å². The number of benzene rings is 1. The van der Waals surface area contributed by atoms with Gasteiger partial charge in [0.15, 0.2) is 0 Å². The van der Waals surface area contributed by atoms with Crippen LogP contribution in [0.25, 0.3) is 0 Å². The molecule has 4 nitrogen and oxygen atoms in total. The number of hydrogen-bond acceptors (Lipinski definition) is 2. The molecule has 20 heavy (non-hydrogen) atoms. The second-order valence-electron chi connectivity index (χ2n) is 4.66. The van der Waals surface area contributed by atoms with E-state index in [9.17, 15) is 9.59 Å². The first kappa shape index (κ1) is 16.0. The fourth-order valence-corrected chi connectivity index (χ4v) is 1.94. The lowest BCUT2D eigenvalue weighted by Gasteiger charge is -2.12. The zero-order chi connectivity index (χ0) is 14.8. The monoisotopic (exact) mass is 275 g/mol. The second kappa shape index (κ2) is 8.91. The van der Waals surface area contributed by atoms with Crippen molar-refractivity contribution in [1.29, 1.82) is 0 Å². The fraction of sp³-hybridized carbons (Fsp3) is 0.375. The Bertz CT molecular complexity index is 442. The lowest BCUT2D eigenvalue weighted by atomic mass is 9.95. The number of allylic oxidation sites excluding steroid dienone is 1. The summed E-state index contributed by atoms with van der Waals surface area (Å²) in [5, 5.41) is 11.3. The minimum Gasteiger partial charge on any atom is -0.481 e. The van der Waals surface area contributed by atoms with Crippen LogP contribution in [0.1, 0.15) is 37.2 Å². The van der Waals surface area contributed by atoms with Gasteiger partial charge in [0.05, 0.1) is 0 Å². The summed E-state index contributed by atoms with van der Waals surface area (Å²) in [4.78, 5) is 22.1. The zero-order valence-corrected chi connectivity index (χ0v) is 11.5. The van der Waals surface area contributed by atoms with Crippen molar-refractivity contribution in [3.8, 4) is 0 Å². The molecule has 0 aliphatic heterocycles. The first-order valence-corrected chi connectivity index (χ1v) is 6.79. The van der Waals surface area contributed by atoms with Gasteiger partial charge in [-0.05, 0) is 18.4 Å². The molecule has 1 unspecified atom stereocenters. The number of hydrogen-bond donors (Lipinski definition) is 2. The Balaban J connectivity index is 2.30. The first-order valence-electron chi connectivity index (χ1n) is 6.79. The number of aliphatic carboxylic acids is 1. The van der Waals surface area contributed by atoms with Crippen molar-refractivity contribution >= 4 is 11.9 Å². The first-order chi connectivity index (χ1) is 9.63. The van der Waals surface area contributed by atoms with Gasteiger partial charge in [-0.25, -0.2) is 0 Å². The van der Waals surface area contributed by atoms with Gasteiger partial charge in [0, 0.05) is 25.3 Å². The molecule has 0 heterocycles. The maximum atomic E-state index is 11.8. The molecular weight excluding hydrogens is 254 g/mol. The van der Waals surface area contributed by atoms with Gasteiger partial charge in [0.2, 0.25) is 5.91 Å². The predicted molar refractivity (Wildman–Crippen MR) is 78.5 cm³/mol. The highest BCUT2D eigenvalue weighted by Gasteiger charge is 2.12. The van der Waals surface area contributed by atoms with Crippen LogP contribution in [0.4, 0.5) is 0 Å². The van der Waals surface area contributed by atoms with Crippen LogP contribution < -0.4 is 5.32 Å². The summed E-state index contributed by atoms with van der Waals surface area (Å²) in [6, 6.07) is 9.77. The summed E-state index contributed by atoms with van der Waals surface area (Å²) in [6.07, 6.45) is 3.56. The van der Waals surface area contributed by atoms with Crippen molar-refractivity contribution in [2.75, 3.05) is 6.54 Å². The van der Waals surface area contributed by atoms with E-state index in [0.29, 0.717) is 25.8 Å². The molecule has 0 fully saturated rings. The number of carbonyl (C=O) groups excluding carboxylic acids is 1. The molecule has 4 heteroatoms. The summed E-state index contributed by atoms with van der Waals surface area (Å²) in [5.74, 6) is -0.823. The normalized spacial score (nSPS) is 11.6. The van der Waals surface area contributed by atoms with Crippen LogP contribution in [0.3, 0.4) is 0 Å². The van der Waals surface area contributed by atoms with Crippen LogP contribution in [0, 0.1) is 0 Å². The molecule has 0 spiro atoms. The number of nitrogens with one attached hydrogen (secondary N) is 1. The predicted octanol–water partition coefficient (Wildman–Crippen LogP) is 2.72. The minimum atomic E-state index is -0.799. The molecule has 1 amide bonds. The highest BCUT2D eigenvalue weighted by atomic mass is 16.4. The zero-order valence-electron chi connectivity index (χ0n) is 11.5. The van der Waals surface area contributed by atoms with Gasteiger partial charge in [-0.1, -0.05) is 36.4 Å². The Labute approximate surface area is 119 Å². The highest BCUT2D eigenvalue weighted by molar-refractivity contribution is 5.77. The van der Waals surface area contributed by atoms with Crippen molar-refractivity contribution in [3.63, 3.8) is 0 Å². The van der Waals surface area contributed by atoms with Crippen molar-refractivity contribution in [2.45, 2.75) is 31.6 Å². The van der Waals surface area contributed by atoms with E-state index in [1.54, 1.807) is 6.08 Å². The van der Waals surface area contributed by atoms with Crippen molar-refractivity contribution < 1.29 is 14.7 Å². The third kappa shape index (κ3) is 6.18. The topological polar surface area (TPSA) is 66.4 Å². The lowest BCUT2D eigenvalue weighted by Crippen LogP contribution is -2.25. The fourth-order valence-electron chi connectivity index (χ4n) is 1.94. The second-order valence-corrected chi connectivity index (χ2v) is 4.66. The van der Waals surface area contributed by atoms with Gasteiger partial charge in [0.25, 0.3) is 0 Å². The van der Waals surface area contributed by atoms with E-state index in [-0.39, 0.29) is 18.2 Å². The SMILES string of the molecule is C=CC(CC(=O)NCCCCC(=O)O)c1ccccc1. The average molecular weight is 275 g/mol. The van der Waals surface area contributed by atoms with Crippen LogP contribution in [0.15, 0.2) is 43.0 Å². The van der Waals surface area contributed by atoms with E-state index in [0.717, 1.165) is 5.56 Å². The van der Waals surface area contributed by atoms with Crippen LogP contribution >= 0.6 is 0 Å². The molecule has 1 atom stereocenters. The Morgan fingerprint density at radius 1 is 1.25 bits per heavy atom. The molecular formula is C16H21NO3. The summed E-state index contributed by atoms with van der Waals surface area (Å²) < 4.78 is 0. The molecule has 108 valence electrons. The van der Waals surface area contributed by atoms with Crippen molar-refractivity contribution in [2.24, 2.45) is 0 Å². The molecule has 1 aromatic rings. The van der Waals surface area contributed by atoms with E-state index in [1.807, 2.05) is 30.3 Å². The summed E-state index contributed by atoms with van der Waals surface area (Å²) >= 11 is 0. The maximum Gasteiger partial charge on any atom is 0.303 e. The van der Waals surface area contributed by atoms with Gasteiger partial charge in [-0.3, -0.25) is 9.59 Å². The highest BCUT2D eigenvalue weighted by Crippen LogP contribution is 2.20. The number of rotatable bonds is 9. The third-order valence-electron chi connectivity index (χ3n) is 3.06. The third-order valence-corrected chi connectivity index (χ3v) is 3.06. The minimum absolute atomic E-state index is 0.00946. The van der Waals surface area contributed by atoms with Gasteiger partial charge in [-0.15, -0.1) is 6.58 Å². The van der Waals surface area contributed by atoms with E-state index < -0.39 is 5.97 Å². The molecule has 1 aromatic carbocycles. The Morgan fingerprint density at radius 2 is 1.95 bits per heavy atom. The standard InChI is InChI=1S/C16H21NO3/c1-2-13(14-8-4-3-5-9-14)12-15(18)17-11-7-6-10-16(19)20/h2-5,8-9,13H,1,6-7,10-12H2,(H,17,18)(H,19,20). The van der Waals surface area contributed by atoms with E-state index in [4.69, 9.17) is 5.11 Å². The Kier molecular flexibility index (Phi) is 7.11. The van der Waals surface area contributed by atoms with Gasteiger partial charge in [-0.2, -0.15) is 0 Å². The summed E-state index contributed by atoms with van der Waals surface area (Å²) in [6.45, 7) is 4.29. The Hall–Kier alpha value is -2.10. The quantitative estimate of drug-likeness (QED) is 0.538. The molecule has 0 aliphatic carbocycles. The number of carboxylic acid groups (broad SMARTS) is 1.